The highest BCUT2D eigenvalue weighted by molar-refractivity contribution is 5.14. The third-order valence-corrected chi connectivity index (χ3v) is 5.54. The van der Waals surface area contributed by atoms with Gasteiger partial charge in [-0.15, -0.1) is 0 Å². The second kappa shape index (κ2) is 8.92. The molecule has 0 aliphatic carbocycles. The van der Waals surface area contributed by atoms with Crippen molar-refractivity contribution in [2.24, 2.45) is 11.7 Å². The Morgan fingerprint density at radius 3 is 2.54 bits per heavy atom. The van der Waals surface area contributed by atoms with E-state index in [1.807, 2.05) is 0 Å². The molecular weight excluding hydrogens is 298 g/mol. The first kappa shape index (κ1) is 17.8. The van der Waals surface area contributed by atoms with Crippen LogP contribution >= 0.6 is 0 Å². The fourth-order valence-electron chi connectivity index (χ4n) is 3.90. The zero-order valence-electron chi connectivity index (χ0n) is 15.0. The van der Waals surface area contributed by atoms with Crippen LogP contribution in [0.2, 0.25) is 0 Å². The second-order valence-corrected chi connectivity index (χ2v) is 7.22. The second-order valence-electron chi connectivity index (χ2n) is 7.22. The number of piperidine rings is 1. The van der Waals surface area contributed by atoms with Gasteiger partial charge in [0, 0.05) is 51.9 Å². The van der Waals surface area contributed by atoms with Crippen LogP contribution in [0.1, 0.15) is 18.9 Å². The van der Waals surface area contributed by atoms with Gasteiger partial charge in [0.05, 0.1) is 6.17 Å². The zero-order chi connectivity index (χ0) is 16.8. The monoisotopic (exact) mass is 331 g/mol. The first-order valence-electron chi connectivity index (χ1n) is 9.45. The quantitative estimate of drug-likeness (QED) is 0.716. The number of likely N-dealkylation sites (N-methyl/N-ethyl adjacent to an activating group) is 1. The minimum atomic E-state index is 0.117. The summed E-state index contributed by atoms with van der Waals surface area (Å²) in [5, 5.41) is 7.24. The Hall–Kier alpha value is -0.980. The van der Waals surface area contributed by atoms with E-state index in [9.17, 15) is 0 Å². The number of benzene rings is 1. The van der Waals surface area contributed by atoms with Crippen LogP contribution < -0.4 is 16.4 Å². The molecule has 1 aromatic rings. The average Bonchev–Trinajstić information content (AvgIpc) is 2.63. The van der Waals surface area contributed by atoms with Gasteiger partial charge >= 0.3 is 0 Å². The van der Waals surface area contributed by atoms with E-state index >= 15 is 0 Å². The molecule has 3 rings (SSSR count). The summed E-state index contributed by atoms with van der Waals surface area (Å²) in [6, 6.07) is 11.2. The number of nitrogens with one attached hydrogen (secondary N) is 2. The molecule has 0 aromatic heterocycles. The minimum absolute atomic E-state index is 0.117. The van der Waals surface area contributed by atoms with Crippen molar-refractivity contribution in [3.63, 3.8) is 0 Å². The Morgan fingerprint density at radius 1 is 1.12 bits per heavy atom. The van der Waals surface area contributed by atoms with Crippen LogP contribution in [-0.2, 0) is 6.54 Å². The van der Waals surface area contributed by atoms with Gasteiger partial charge in [-0.25, -0.2) is 0 Å². The van der Waals surface area contributed by atoms with Crippen molar-refractivity contribution < 1.29 is 0 Å². The lowest BCUT2D eigenvalue weighted by molar-refractivity contribution is 0.100. The molecule has 4 N–H and O–H groups in total. The summed E-state index contributed by atoms with van der Waals surface area (Å²) in [6.45, 7) is 11.4. The summed E-state index contributed by atoms with van der Waals surface area (Å²) in [4.78, 5) is 5.17. The summed E-state index contributed by atoms with van der Waals surface area (Å²) in [6.07, 6.45) is 1.12. The largest absolute Gasteiger partial charge is 0.316 e. The van der Waals surface area contributed by atoms with Crippen molar-refractivity contribution in [1.29, 1.82) is 0 Å². The molecule has 0 radical (unpaired) electrons. The van der Waals surface area contributed by atoms with Gasteiger partial charge in [-0.05, 0) is 24.4 Å². The normalized spacial score (nSPS) is 29.7. The molecule has 5 nitrogen and oxygen atoms in total. The maximum Gasteiger partial charge on any atom is 0.0561 e. The van der Waals surface area contributed by atoms with E-state index in [2.05, 4.69) is 57.7 Å². The van der Waals surface area contributed by atoms with Crippen LogP contribution in [0.4, 0.5) is 0 Å². The van der Waals surface area contributed by atoms with Crippen molar-refractivity contribution in [2.75, 3.05) is 45.8 Å². The van der Waals surface area contributed by atoms with Crippen LogP contribution in [0.5, 0.6) is 0 Å². The first-order valence-corrected chi connectivity index (χ1v) is 9.45. The van der Waals surface area contributed by atoms with E-state index in [1.54, 1.807) is 0 Å². The van der Waals surface area contributed by atoms with Gasteiger partial charge in [0.1, 0.15) is 0 Å². The Labute approximate surface area is 146 Å². The topological polar surface area (TPSA) is 56.6 Å². The lowest BCUT2D eigenvalue weighted by Gasteiger charge is -2.41. The SMILES string of the molecule is CCN1CCN(CC2CNC(N)CC2NCc2ccccc2)CC1. The molecule has 0 saturated carbocycles. The molecule has 2 aliphatic heterocycles. The molecule has 2 saturated heterocycles. The number of piperazine rings is 1. The number of hydrogen-bond acceptors (Lipinski definition) is 5. The van der Waals surface area contributed by atoms with E-state index in [0.717, 1.165) is 19.5 Å². The first-order chi connectivity index (χ1) is 11.7. The van der Waals surface area contributed by atoms with Crippen molar-refractivity contribution in [2.45, 2.75) is 32.1 Å². The average molecular weight is 332 g/mol. The molecule has 2 aliphatic rings. The van der Waals surface area contributed by atoms with Crippen molar-refractivity contribution >= 4 is 0 Å². The summed E-state index contributed by atoms with van der Waals surface area (Å²) >= 11 is 0. The lowest BCUT2D eigenvalue weighted by Crippen LogP contribution is -2.58. The fraction of sp³-hybridized carbons (Fsp3) is 0.684. The number of rotatable bonds is 6. The van der Waals surface area contributed by atoms with Gasteiger partial charge < -0.3 is 26.2 Å². The Balaban J connectivity index is 1.52. The minimum Gasteiger partial charge on any atom is -0.316 e. The maximum absolute atomic E-state index is 6.15. The van der Waals surface area contributed by atoms with E-state index in [1.165, 1.54) is 44.8 Å². The Morgan fingerprint density at radius 2 is 1.83 bits per heavy atom. The molecule has 0 spiro atoms. The summed E-state index contributed by atoms with van der Waals surface area (Å²) in [7, 11) is 0. The molecule has 3 atom stereocenters. The third kappa shape index (κ3) is 5.01. The third-order valence-electron chi connectivity index (χ3n) is 5.54. The molecule has 2 fully saturated rings. The number of nitrogens with zero attached hydrogens (tertiary/aromatic N) is 2. The fourth-order valence-corrected chi connectivity index (χ4v) is 3.90. The predicted molar refractivity (Wildman–Crippen MR) is 99.7 cm³/mol. The van der Waals surface area contributed by atoms with E-state index in [0.29, 0.717) is 12.0 Å². The highest BCUT2D eigenvalue weighted by atomic mass is 15.3. The van der Waals surface area contributed by atoms with Crippen LogP contribution in [0.25, 0.3) is 0 Å². The summed E-state index contributed by atoms with van der Waals surface area (Å²) in [5.41, 5.74) is 7.50. The summed E-state index contributed by atoms with van der Waals surface area (Å²) < 4.78 is 0. The molecule has 0 bridgehead atoms. The molecule has 134 valence electrons. The number of hydrogen-bond donors (Lipinski definition) is 3. The van der Waals surface area contributed by atoms with Crippen LogP contribution in [0.3, 0.4) is 0 Å². The summed E-state index contributed by atoms with van der Waals surface area (Å²) in [5.74, 6) is 0.627. The molecule has 1 aromatic carbocycles. The van der Waals surface area contributed by atoms with Crippen LogP contribution in [0.15, 0.2) is 30.3 Å². The van der Waals surface area contributed by atoms with E-state index < -0.39 is 0 Å². The highest BCUT2D eigenvalue weighted by Crippen LogP contribution is 2.17. The van der Waals surface area contributed by atoms with E-state index in [4.69, 9.17) is 5.73 Å². The van der Waals surface area contributed by atoms with Gasteiger partial charge in [0.15, 0.2) is 0 Å². The molecule has 5 heteroatoms. The predicted octanol–water partition coefficient (Wildman–Crippen LogP) is 0.677. The van der Waals surface area contributed by atoms with Crippen molar-refractivity contribution in [1.82, 2.24) is 20.4 Å². The molecule has 3 unspecified atom stereocenters. The highest BCUT2D eigenvalue weighted by Gasteiger charge is 2.30. The van der Waals surface area contributed by atoms with Crippen LogP contribution in [0, 0.1) is 5.92 Å². The Kier molecular flexibility index (Phi) is 6.63. The Bertz CT molecular complexity index is 472. The zero-order valence-corrected chi connectivity index (χ0v) is 15.0. The standard InChI is InChI=1S/C19H33N5/c1-2-23-8-10-24(11-9-23)15-17-14-22-19(20)12-18(17)21-13-16-6-4-3-5-7-16/h3-7,17-19,21-22H,2,8-15,20H2,1H3. The van der Waals surface area contributed by atoms with E-state index in [-0.39, 0.29) is 6.17 Å². The smallest absolute Gasteiger partial charge is 0.0561 e. The van der Waals surface area contributed by atoms with Gasteiger partial charge in [-0.1, -0.05) is 37.3 Å². The van der Waals surface area contributed by atoms with Crippen LogP contribution in [-0.4, -0.2) is 67.8 Å². The van der Waals surface area contributed by atoms with Gasteiger partial charge in [-0.3, -0.25) is 0 Å². The lowest BCUT2D eigenvalue weighted by atomic mass is 9.90. The molecule has 0 amide bonds. The van der Waals surface area contributed by atoms with Gasteiger partial charge in [0.2, 0.25) is 0 Å². The van der Waals surface area contributed by atoms with Crippen molar-refractivity contribution in [3.05, 3.63) is 35.9 Å². The molecule has 2 heterocycles. The number of nitrogens with two attached hydrogens (primary N) is 1. The van der Waals surface area contributed by atoms with Crippen molar-refractivity contribution in [3.8, 4) is 0 Å². The van der Waals surface area contributed by atoms with Gasteiger partial charge in [-0.2, -0.15) is 0 Å². The maximum atomic E-state index is 6.15. The molecular formula is C19H33N5. The molecule has 24 heavy (non-hydrogen) atoms. The van der Waals surface area contributed by atoms with Gasteiger partial charge in [0.25, 0.3) is 0 Å².